The summed E-state index contributed by atoms with van der Waals surface area (Å²) in [5, 5.41) is 10.2. The Morgan fingerprint density at radius 2 is 1.95 bits per heavy atom. The minimum absolute atomic E-state index is 0.262. The number of rotatable bonds is 3. The molecule has 120 valence electrons. The van der Waals surface area contributed by atoms with Gasteiger partial charge in [-0.3, -0.25) is 14.2 Å². The summed E-state index contributed by atoms with van der Waals surface area (Å²) in [5.41, 5.74) is 0.386. The summed E-state index contributed by atoms with van der Waals surface area (Å²) in [4.78, 5) is 12.2. The monoisotopic (exact) mass is 315 g/mol. The molecule has 6 nitrogen and oxygen atoms in total. The average molecular weight is 315 g/mol. The molecule has 2 aromatic rings. The maximum atomic E-state index is 12.7. The first-order valence-electron chi connectivity index (χ1n) is 6.54. The van der Waals surface area contributed by atoms with Crippen molar-refractivity contribution >= 4 is 11.6 Å². The van der Waals surface area contributed by atoms with Crippen LogP contribution in [0.15, 0.2) is 12.3 Å². The molecule has 1 amide bonds. The Labute approximate surface area is 124 Å². The normalized spacial score (nSPS) is 13.2. The lowest BCUT2D eigenvalue weighted by atomic mass is 10.3. The lowest BCUT2D eigenvalue weighted by Gasteiger charge is -2.14. The first-order valence-corrected chi connectivity index (χ1v) is 6.54. The Hall–Kier alpha value is -2.32. The highest BCUT2D eigenvalue weighted by Gasteiger charge is 2.35. The minimum Gasteiger partial charge on any atom is -0.321 e. The number of carbonyl (C=O) groups excluding carboxylic acids is 1. The molecule has 1 N–H and O–H groups in total. The van der Waals surface area contributed by atoms with Crippen molar-refractivity contribution in [1.82, 2.24) is 19.6 Å². The quantitative estimate of drug-likeness (QED) is 0.946. The topological polar surface area (TPSA) is 64.7 Å². The standard InChI is InChI=1S/C13H16F3N5O/c1-7-5-11(13(14,15)16)19-21(7)9(3)12(22)17-10-6-20(4)18-8(10)2/h5-6,9H,1-4H3,(H,17,22). The number of nitrogens with zero attached hydrogens (tertiary/aromatic N) is 4. The fourth-order valence-electron chi connectivity index (χ4n) is 2.09. The molecule has 22 heavy (non-hydrogen) atoms. The van der Waals surface area contributed by atoms with E-state index in [9.17, 15) is 18.0 Å². The number of hydrogen-bond acceptors (Lipinski definition) is 3. The molecule has 0 saturated carbocycles. The second-order valence-corrected chi connectivity index (χ2v) is 5.08. The molecule has 2 rings (SSSR count). The van der Waals surface area contributed by atoms with Crippen molar-refractivity contribution in [2.45, 2.75) is 33.0 Å². The number of amides is 1. The lowest BCUT2D eigenvalue weighted by molar-refractivity contribution is -0.141. The number of halogens is 3. The fourth-order valence-corrected chi connectivity index (χ4v) is 2.09. The molecule has 0 spiro atoms. The molecule has 1 atom stereocenters. The van der Waals surface area contributed by atoms with Gasteiger partial charge in [0.15, 0.2) is 5.69 Å². The van der Waals surface area contributed by atoms with Crippen molar-refractivity contribution in [3.8, 4) is 0 Å². The molecule has 1 unspecified atom stereocenters. The number of anilines is 1. The Morgan fingerprint density at radius 1 is 1.32 bits per heavy atom. The van der Waals surface area contributed by atoms with Crippen LogP contribution in [0.1, 0.15) is 30.0 Å². The van der Waals surface area contributed by atoms with E-state index < -0.39 is 23.8 Å². The Kier molecular flexibility index (Phi) is 3.99. The van der Waals surface area contributed by atoms with Gasteiger partial charge in [-0.15, -0.1) is 0 Å². The highest BCUT2D eigenvalue weighted by Crippen LogP contribution is 2.29. The number of carbonyl (C=O) groups is 1. The summed E-state index contributed by atoms with van der Waals surface area (Å²) < 4.78 is 40.6. The van der Waals surface area contributed by atoms with Crippen molar-refractivity contribution in [3.05, 3.63) is 29.3 Å². The van der Waals surface area contributed by atoms with Gasteiger partial charge in [0.25, 0.3) is 0 Å². The predicted molar refractivity (Wildman–Crippen MR) is 73.3 cm³/mol. The molecule has 0 radical (unpaired) electrons. The summed E-state index contributed by atoms with van der Waals surface area (Å²) in [6.45, 7) is 4.68. The van der Waals surface area contributed by atoms with Gasteiger partial charge in [-0.25, -0.2) is 0 Å². The molecule has 0 bridgehead atoms. The van der Waals surface area contributed by atoms with Crippen LogP contribution in [0.3, 0.4) is 0 Å². The van der Waals surface area contributed by atoms with E-state index in [-0.39, 0.29) is 5.69 Å². The second-order valence-electron chi connectivity index (χ2n) is 5.08. The first-order chi connectivity index (χ1) is 10.1. The van der Waals surface area contributed by atoms with Gasteiger partial charge in [-0.2, -0.15) is 23.4 Å². The van der Waals surface area contributed by atoms with Crippen molar-refractivity contribution in [2.24, 2.45) is 7.05 Å². The van der Waals surface area contributed by atoms with Crippen molar-refractivity contribution in [2.75, 3.05) is 5.32 Å². The Balaban J connectivity index is 2.21. The first kappa shape index (κ1) is 16.1. The van der Waals surface area contributed by atoms with Gasteiger partial charge in [0, 0.05) is 18.9 Å². The summed E-state index contributed by atoms with van der Waals surface area (Å²) in [7, 11) is 1.71. The van der Waals surface area contributed by atoms with Gasteiger partial charge in [-0.05, 0) is 26.8 Å². The van der Waals surface area contributed by atoms with E-state index >= 15 is 0 Å². The van der Waals surface area contributed by atoms with E-state index in [1.165, 1.54) is 18.5 Å². The van der Waals surface area contributed by atoms with Crippen LogP contribution in [0.25, 0.3) is 0 Å². The molecule has 0 aliphatic carbocycles. The summed E-state index contributed by atoms with van der Waals surface area (Å²) in [5.74, 6) is -0.462. The molecule has 9 heteroatoms. The zero-order chi connectivity index (χ0) is 16.7. The molecule has 2 aromatic heterocycles. The Bertz CT molecular complexity index is 701. The van der Waals surface area contributed by atoms with Gasteiger partial charge >= 0.3 is 6.18 Å². The van der Waals surface area contributed by atoms with Crippen LogP contribution >= 0.6 is 0 Å². The van der Waals surface area contributed by atoms with Gasteiger partial charge in [0.1, 0.15) is 6.04 Å². The maximum Gasteiger partial charge on any atom is 0.435 e. The van der Waals surface area contributed by atoms with Crippen LogP contribution in [0.4, 0.5) is 18.9 Å². The van der Waals surface area contributed by atoms with Crippen LogP contribution in [-0.4, -0.2) is 25.5 Å². The number of nitrogens with one attached hydrogen (secondary N) is 1. The third-order valence-electron chi connectivity index (χ3n) is 3.23. The fraction of sp³-hybridized carbons (Fsp3) is 0.462. The molecule has 0 saturated heterocycles. The largest absolute Gasteiger partial charge is 0.435 e. The SMILES string of the molecule is Cc1nn(C)cc1NC(=O)C(C)n1nc(C(F)(F)F)cc1C. The van der Waals surface area contributed by atoms with Gasteiger partial charge in [-0.1, -0.05) is 0 Å². The zero-order valence-corrected chi connectivity index (χ0v) is 12.6. The zero-order valence-electron chi connectivity index (χ0n) is 12.6. The van der Waals surface area contributed by atoms with Gasteiger partial charge in [0.2, 0.25) is 5.91 Å². The Morgan fingerprint density at radius 3 is 2.41 bits per heavy atom. The highest BCUT2D eigenvalue weighted by atomic mass is 19.4. The van der Waals surface area contributed by atoms with E-state index in [2.05, 4.69) is 15.5 Å². The lowest BCUT2D eigenvalue weighted by Crippen LogP contribution is -2.25. The summed E-state index contributed by atoms with van der Waals surface area (Å²) >= 11 is 0. The number of alkyl halides is 3. The summed E-state index contributed by atoms with van der Waals surface area (Å²) in [6, 6.07) is 0.0368. The molecule has 2 heterocycles. The minimum atomic E-state index is -4.54. The predicted octanol–water partition coefficient (Wildman–Crippen LogP) is 2.45. The van der Waals surface area contributed by atoms with Crippen molar-refractivity contribution in [3.63, 3.8) is 0 Å². The van der Waals surface area contributed by atoms with Gasteiger partial charge in [0.05, 0.1) is 11.4 Å². The van der Waals surface area contributed by atoms with E-state index in [1.54, 1.807) is 20.2 Å². The smallest absolute Gasteiger partial charge is 0.321 e. The average Bonchev–Trinajstić information content (AvgIpc) is 2.91. The molecular weight excluding hydrogens is 299 g/mol. The van der Waals surface area contributed by atoms with Crippen LogP contribution in [0, 0.1) is 13.8 Å². The third-order valence-corrected chi connectivity index (χ3v) is 3.23. The number of aryl methyl sites for hydroxylation is 3. The van der Waals surface area contributed by atoms with E-state index in [1.807, 2.05) is 0 Å². The third kappa shape index (κ3) is 3.12. The summed E-state index contributed by atoms with van der Waals surface area (Å²) in [6.07, 6.45) is -2.91. The van der Waals surface area contributed by atoms with Crippen LogP contribution < -0.4 is 5.32 Å². The molecule has 0 aromatic carbocycles. The molecule has 0 fully saturated rings. The van der Waals surface area contributed by atoms with Crippen molar-refractivity contribution in [1.29, 1.82) is 0 Å². The molecular formula is C13H16F3N5O. The van der Waals surface area contributed by atoms with E-state index in [0.29, 0.717) is 11.4 Å². The van der Waals surface area contributed by atoms with E-state index in [0.717, 1.165) is 10.7 Å². The molecule has 0 aliphatic rings. The van der Waals surface area contributed by atoms with Crippen LogP contribution in [0.5, 0.6) is 0 Å². The van der Waals surface area contributed by atoms with Crippen molar-refractivity contribution < 1.29 is 18.0 Å². The van der Waals surface area contributed by atoms with Crippen LogP contribution in [-0.2, 0) is 18.0 Å². The number of aromatic nitrogens is 4. The maximum absolute atomic E-state index is 12.7. The van der Waals surface area contributed by atoms with Crippen LogP contribution in [0.2, 0.25) is 0 Å². The van der Waals surface area contributed by atoms with Gasteiger partial charge < -0.3 is 5.32 Å². The second kappa shape index (κ2) is 5.47. The van der Waals surface area contributed by atoms with E-state index in [4.69, 9.17) is 0 Å². The number of hydrogen-bond donors (Lipinski definition) is 1. The highest BCUT2D eigenvalue weighted by molar-refractivity contribution is 5.93. The molecule has 0 aliphatic heterocycles.